The number of aromatic amines is 2. The molecule has 2 heterocycles. The number of ketones is 1. The molecule has 0 radical (unpaired) electrons. The van der Waals surface area contributed by atoms with Crippen molar-refractivity contribution in [3.63, 3.8) is 0 Å². The molecular formula is C30H34N8O2. The van der Waals surface area contributed by atoms with Crippen molar-refractivity contribution in [3.8, 4) is 28.5 Å². The van der Waals surface area contributed by atoms with Crippen molar-refractivity contribution in [2.75, 3.05) is 33.8 Å². The van der Waals surface area contributed by atoms with E-state index in [0.717, 1.165) is 63.6 Å². The van der Waals surface area contributed by atoms with Crippen molar-refractivity contribution in [1.82, 2.24) is 24.8 Å². The summed E-state index contributed by atoms with van der Waals surface area (Å²) >= 11 is 0. The number of hydrogen-bond donors (Lipinski definition) is 4. The lowest BCUT2D eigenvalue weighted by molar-refractivity contribution is 0.0981. The Morgan fingerprint density at radius 1 is 0.875 bits per heavy atom. The highest BCUT2D eigenvalue weighted by molar-refractivity contribution is 5.99. The molecule has 2 aromatic heterocycles. The van der Waals surface area contributed by atoms with Crippen molar-refractivity contribution < 1.29 is 9.53 Å². The molecule has 0 atom stereocenters. The van der Waals surface area contributed by atoms with E-state index in [2.05, 4.69) is 34.0 Å². The van der Waals surface area contributed by atoms with Crippen LogP contribution >= 0.6 is 0 Å². The molecule has 0 spiro atoms. The van der Waals surface area contributed by atoms with Crippen molar-refractivity contribution in [3.05, 3.63) is 66.2 Å². The summed E-state index contributed by atoms with van der Waals surface area (Å²) in [4.78, 5) is 34.9. The smallest absolute Gasteiger partial charge is 0.185 e. The summed E-state index contributed by atoms with van der Waals surface area (Å²) in [5, 5.41) is 0. The predicted octanol–water partition coefficient (Wildman–Crippen LogP) is 4.34. The third kappa shape index (κ3) is 6.47. The number of imidazole rings is 2. The number of nitrogens with zero attached hydrogens (tertiary/aromatic N) is 4. The number of nitrogens with one attached hydrogen (secondary N) is 2. The first-order valence-corrected chi connectivity index (χ1v) is 13.3. The van der Waals surface area contributed by atoms with E-state index in [1.807, 2.05) is 54.6 Å². The number of aliphatic imine (C=N–C) groups is 1. The zero-order chi connectivity index (χ0) is 28.1. The molecule has 0 saturated heterocycles. The van der Waals surface area contributed by atoms with E-state index in [4.69, 9.17) is 26.2 Å². The van der Waals surface area contributed by atoms with Gasteiger partial charge in [0.2, 0.25) is 0 Å². The number of rotatable bonds is 12. The third-order valence-corrected chi connectivity index (χ3v) is 6.56. The van der Waals surface area contributed by atoms with E-state index in [-0.39, 0.29) is 11.7 Å². The number of carbonyl (C=O) groups is 1. The van der Waals surface area contributed by atoms with Crippen LogP contribution in [0, 0.1) is 0 Å². The van der Waals surface area contributed by atoms with Gasteiger partial charge >= 0.3 is 0 Å². The monoisotopic (exact) mass is 538 g/mol. The van der Waals surface area contributed by atoms with E-state index in [1.54, 1.807) is 6.07 Å². The molecule has 0 unspecified atom stereocenters. The SMILES string of the molecule is CN(C)CCCOc1ccc2nc(-c3ccc(-c4nc5ccc(C(=O)CCCN=C(N)N)cc5[nH]4)cc3)[nH]c2c1. The molecule has 10 heteroatoms. The Kier molecular flexibility index (Phi) is 8.07. The molecule has 0 bridgehead atoms. The Labute approximate surface area is 232 Å². The minimum Gasteiger partial charge on any atom is -0.493 e. The molecule has 6 N–H and O–H groups in total. The second kappa shape index (κ2) is 12.0. The van der Waals surface area contributed by atoms with Gasteiger partial charge in [-0.1, -0.05) is 24.3 Å². The molecule has 206 valence electrons. The number of H-pyrrole nitrogens is 2. The molecule has 40 heavy (non-hydrogen) atoms. The summed E-state index contributed by atoms with van der Waals surface area (Å²) in [7, 11) is 4.12. The lowest BCUT2D eigenvalue weighted by Gasteiger charge is -2.10. The highest BCUT2D eigenvalue weighted by Crippen LogP contribution is 2.27. The lowest BCUT2D eigenvalue weighted by atomic mass is 10.1. The molecule has 0 aliphatic rings. The molecule has 0 saturated carbocycles. The number of fused-ring (bicyclic) bond motifs is 2. The largest absolute Gasteiger partial charge is 0.493 e. The van der Waals surface area contributed by atoms with Crippen molar-refractivity contribution in [2.45, 2.75) is 19.3 Å². The predicted molar refractivity (Wildman–Crippen MR) is 160 cm³/mol. The van der Waals surface area contributed by atoms with Crippen LogP contribution in [0.25, 0.3) is 44.8 Å². The molecule has 5 aromatic rings. The molecule has 0 fully saturated rings. The van der Waals surface area contributed by atoms with Crippen LogP contribution in [0.5, 0.6) is 5.75 Å². The normalized spacial score (nSPS) is 11.4. The third-order valence-electron chi connectivity index (χ3n) is 6.56. The van der Waals surface area contributed by atoms with Crippen molar-refractivity contribution in [1.29, 1.82) is 0 Å². The van der Waals surface area contributed by atoms with E-state index in [1.165, 1.54) is 0 Å². The van der Waals surface area contributed by atoms with E-state index >= 15 is 0 Å². The van der Waals surface area contributed by atoms with Crippen molar-refractivity contribution in [2.24, 2.45) is 16.5 Å². The Balaban J connectivity index is 1.26. The van der Waals surface area contributed by atoms with Gasteiger partial charge in [0.1, 0.15) is 17.4 Å². The topological polar surface area (TPSA) is 151 Å². The van der Waals surface area contributed by atoms with Gasteiger partial charge < -0.3 is 31.1 Å². The molecule has 5 rings (SSSR count). The maximum absolute atomic E-state index is 12.6. The fourth-order valence-corrected chi connectivity index (χ4v) is 4.48. The number of benzene rings is 3. The lowest BCUT2D eigenvalue weighted by Crippen LogP contribution is -2.23. The first kappa shape index (κ1) is 26.9. The van der Waals surface area contributed by atoms with Crippen LogP contribution in [0.2, 0.25) is 0 Å². The number of carbonyl (C=O) groups excluding carboxylic acids is 1. The zero-order valence-electron chi connectivity index (χ0n) is 22.8. The number of hydrogen-bond acceptors (Lipinski definition) is 6. The molecule has 10 nitrogen and oxygen atoms in total. The van der Waals surface area contributed by atoms with Crippen LogP contribution in [-0.2, 0) is 0 Å². The van der Waals surface area contributed by atoms with Gasteiger partial charge in [0, 0.05) is 42.3 Å². The Bertz CT molecular complexity index is 1650. The maximum atomic E-state index is 12.6. The number of guanidine groups is 1. The highest BCUT2D eigenvalue weighted by Gasteiger charge is 2.12. The fourth-order valence-electron chi connectivity index (χ4n) is 4.48. The summed E-state index contributed by atoms with van der Waals surface area (Å²) in [5.41, 5.74) is 16.6. The zero-order valence-corrected chi connectivity index (χ0v) is 22.8. The second-order valence-corrected chi connectivity index (χ2v) is 10.00. The fraction of sp³-hybridized carbons (Fsp3) is 0.267. The average Bonchev–Trinajstić information content (AvgIpc) is 3.57. The van der Waals surface area contributed by atoms with Gasteiger partial charge in [-0.15, -0.1) is 0 Å². The quantitative estimate of drug-likeness (QED) is 0.0798. The van der Waals surface area contributed by atoms with Crippen molar-refractivity contribution >= 4 is 33.8 Å². The van der Waals surface area contributed by atoms with Gasteiger partial charge in [0.05, 0.1) is 28.7 Å². The number of nitrogens with two attached hydrogens (primary N) is 2. The van der Waals surface area contributed by atoms with Gasteiger partial charge in [-0.2, -0.15) is 0 Å². The molecule has 0 aliphatic heterocycles. The minimum atomic E-state index is 0.0373. The first-order chi connectivity index (χ1) is 19.4. The molecule has 0 amide bonds. The number of ether oxygens (including phenoxy) is 1. The van der Waals surface area contributed by atoms with E-state index < -0.39 is 0 Å². The van der Waals surface area contributed by atoms with E-state index in [0.29, 0.717) is 31.6 Å². The Hall–Kier alpha value is -4.70. The first-order valence-electron chi connectivity index (χ1n) is 13.3. The van der Waals surface area contributed by atoms with Gasteiger partial charge in [-0.3, -0.25) is 9.79 Å². The maximum Gasteiger partial charge on any atom is 0.185 e. The Morgan fingerprint density at radius 3 is 2.12 bits per heavy atom. The van der Waals surface area contributed by atoms with Crippen LogP contribution in [0.4, 0.5) is 0 Å². The molecule has 3 aromatic carbocycles. The van der Waals surface area contributed by atoms with Gasteiger partial charge in [-0.05, 0) is 57.3 Å². The van der Waals surface area contributed by atoms with Crippen LogP contribution in [0.3, 0.4) is 0 Å². The highest BCUT2D eigenvalue weighted by atomic mass is 16.5. The summed E-state index contributed by atoms with van der Waals surface area (Å²) in [6.45, 7) is 2.09. The molecule has 0 aliphatic carbocycles. The number of aromatic nitrogens is 4. The minimum absolute atomic E-state index is 0.0373. The van der Waals surface area contributed by atoms with Crippen LogP contribution in [0.1, 0.15) is 29.6 Å². The summed E-state index contributed by atoms with van der Waals surface area (Å²) in [5.74, 6) is 2.44. The summed E-state index contributed by atoms with van der Waals surface area (Å²) in [6, 6.07) is 19.5. The summed E-state index contributed by atoms with van der Waals surface area (Å²) in [6.07, 6.45) is 1.93. The van der Waals surface area contributed by atoms with Gasteiger partial charge in [0.25, 0.3) is 0 Å². The average molecular weight is 539 g/mol. The van der Waals surface area contributed by atoms with Crippen LogP contribution < -0.4 is 16.2 Å². The van der Waals surface area contributed by atoms with Crippen LogP contribution in [-0.4, -0.2) is 70.4 Å². The van der Waals surface area contributed by atoms with Gasteiger partial charge in [-0.25, -0.2) is 9.97 Å². The van der Waals surface area contributed by atoms with Gasteiger partial charge in [0.15, 0.2) is 11.7 Å². The standard InChI is InChI=1S/C30H34N8O2/c1-38(2)15-4-16-40-22-11-13-24-26(18-22)37-29(35-24)20-8-6-19(7-9-20)28-34-23-12-10-21(17-25(23)36-28)27(39)5-3-14-33-30(31)32/h6-13,17-18H,3-5,14-16H2,1-2H3,(H,34,36)(H,35,37)(H4,31,32,33). The molecular weight excluding hydrogens is 504 g/mol. The van der Waals surface area contributed by atoms with E-state index in [9.17, 15) is 4.79 Å². The second-order valence-electron chi connectivity index (χ2n) is 10.00. The Morgan fingerprint density at radius 2 is 1.50 bits per heavy atom. The van der Waals surface area contributed by atoms with Crippen LogP contribution in [0.15, 0.2) is 65.7 Å². The number of Topliss-reactive ketones (excluding diaryl/α,β-unsaturated/α-hetero) is 1. The summed E-state index contributed by atoms with van der Waals surface area (Å²) < 4.78 is 5.90.